The Labute approximate surface area is 205 Å². The van der Waals surface area contributed by atoms with Crippen molar-refractivity contribution in [3.8, 4) is 0 Å². The molecule has 6 fully saturated rings. The normalized spacial score (nSPS) is 40.3. The maximum atomic E-state index is 13.9. The molecule has 6 aliphatic carbocycles. The average molecular weight is 544 g/mol. The largest absolute Gasteiger partial charge is 0.743 e. The van der Waals surface area contributed by atoms with E-state index >= 15 is 0 Å². The fraction of sp³-hybridized carbons (Fsp3) is 0.913. The van der Waals surface area contributed by atoms with Crippen LogP contribution < -0.4 is 0 Å². The zero-order valence-corrected chi connectivity index (χ0v) is 20.2. The summed E-state index contributed by atoms with van der Waals surface area (Å²) in [6.07, 6.45) is -2.89. The van der Waals surface area contributed by atoms with E-state index in [9.17, 15) is 44.5 Å². The van der Waals surface area contributed by atoms with Gasteiger partial charge in [-0.05, 0) is 87.4 Å². The average Bonchev–Trinajstić information content (AvgIpc) is 3.35. The topological polar surface area (TPSA) is 110 Å². The molecule has 6 bridgehead atoms. The van der Waals surface area contributed by atoms with Crippen LogP contribution in [0.15, 0.2) is 0 Å². The summed E-state index contributed by atoms with van der Waals surface area (Å²) < 4.78 is 110. The summed E-state index contributed by atoms with van der Waals surface area (Å²) in [7, 11) is -6.80. The molecule has 0 aromatic rings. The van der Waals surface area contributed by atoms with Crippen molar-refractivity contribution >= 4 is 22.1 Å². The number of alkyl halides is 5. The van der Waals surface area contributed by atoms with Crippen molar-refractivity contribution in [3.63, 3.8) is 0 Å². The van der Waals surface area contributed by atoms with Gasteiger partial charge in [0.2, 0.25) is 0 Å². The molecule has 0 aromatic heterocycles. The van der Waals surface area contributed by atoms with E-state index in [0.717, 1.165) is 19.3 Å². The second-order valence-electron chi connectivity index (χ2n) is 11.8. The van der Waals surface area contributed by atoms with Crippen molar-refractivity contribution in [2.75, 3.05) is 6.61 Å². The summed E-state index contributed by atoms with van der Waals surface area (Å²) in [5.41, 5.74) is -0.135. The first-order valence-electron chi connectivity index (χ1n) is 12.4. The first-order valence-corrected chi connectivity index (χ1v) is 13.8. The number of fused-ring (bicyclic) bond motifs is 2. The minimum absolute atomic E-state index is 0.135. The van der Waals surface area contributed by atoms with Crippen molar-refractivity contribution < 1.29 is 54.0 Å². The zero-order valence-electron chi connectivity index (χ0n) is 19.3. The third kappa shape index (κ3) is 4.41. The minimum atomic E-state index is -6.80. The van der Waals surface area contributed by atoms with Gasteiger partial charge < -0.3 is 14.0 Å². The molecule has 5 atom stereocenters. The highest BCUT2D eigenvalue weighted by Crippen LogP contribution is 2.60. The molecule has 0 heterocycles. The summed E-state index contributed by atoms with van der Waals surface area (Å²) in [5.74, 6) is -4.30. The van der Waals surface area contributed by atoms with Gasteiger partial charge in [-0.2, -0.15) is 22.0 Å². The van der Waals surface area contributed by atoms with E-state index in [1.807, 2.05) is 0 Å². The highest BCUT2D eigenvalue weighted by Gasteiger charge is 2.65. The van der Waals surface area contributed by atoms with Gasteiger partial charge in [0.1, 0.15) is 0 Å². The Morgan fingerprint density at radius 2 is 1.33 bits per heavy atom. The van der Waals surface area contributed by atoms with Gasteiger partial charge in [0.05, 0.1) is 18.4 Å². The molecule has 13 heteroatoms. The Kier molecular flexibility index (Phi) is 6.17. The number of hydrogen-bond acceptors (Lipinski definition) is 7. The van der Waals surface area contributed by atoms with Crippen LogP contribution in [0.4, 0.5) is 22.0 Å². The van der Waals surface area contributed by atoms with Crippen molar-refractivity contribution in [3.05, 3.63) is 0 Å². The summed E-state index contributed by atoms with van der Waals surface area (Å²) in [5, 5.41) is -5.92. The van der Waals surface area contributed by atoms with E-state index in [1.54, 1.807) is 0 Å². The Bertz CT molecular complexity index is 991. The standard InChI is InChI=1S/C23H29F5O7S/c24-22(25,26)20(23(27,28)36(31,32)33)35-19(30)17-15-2-1-14(6-15)16(17)18(29)34-10-21-7-11-3-12(8-21)5-13(4-11)9-21/h11-17,20H,1-10H2,(H,31,32,33)/p-1. The van der Waals surface area contributed by atoms with Crippen molar-refractivity contribution in [2.45, 2.75) is 75.3 Å². The van der Waals surface area contributed by atoms with E-state index in [4.69, 9.17) is 4.74 Å². The van der Waals surface area contributed by atoms with Gasteiger partial charge >= 0.3 is 23.4 Å². The smallest absolute Gasteiger partial charge is 0.432 e. The maximum absolute atomic E-state index is 13.9. The molecule has 6 saturated carbocycles. The lowest BCUT2D eigenvalue weighted by molar-refractivity contribution is -0.261. The lowest BCUT2D eigenvalue weighted by Gasteiger charge is -2.56. The number of carbonyl (C=O) groups excluding carboxylic acids is 2. The van der Waals surface area contributed by atoms with E-state index in [2.05, 4.69) is 4.74 Å². The molecule has 0 aromatic carbocycles. The lowest BCUT2D eigenvalue weighted by Crippen LogP contribution is -2.53. The van der Waals surface area contributed by atoms with Gasteiger partial charge in [-0.15, -0.1) is 0 Å². The summed E-state index contributed by atoms with van der Waals surface area (Å²) in [4.78, 5) is 25.9. The molecule has 0 spiro atoms. The molecule has 0 saturated heterocycles. The molecule has 6 aliphatic rings. The Morgan fingerprint density at radius 3 is 1.78 bits per heavy atom. The Morgan fingerprint density at radius 1 is 0.861 bits per heavy atom. The fourth-order valence-electron chi connectivity index (χ4n) is 8.41. The zero-order chi connectivity index (χ0) is 26.3. The van der Waals surface area contributed by atoms with Gasteiger partial charge in [0.15, 0.2) is 10.1 Å². The van der Waals surface area contributed by atoms with E-state index in [1.165, 1.54) is 19.3 Å². The number of rotatable bonds is 7. The molecule has 0 N–H and O–H groups in total. The van der Waals surface area contributed by atoms with E-state index in [0.29, 0.717) is 37.0 Å². The van der Waals surface area contributed by atoms with Crippen LogP contribution in [0.1, 0.15) is 57.8 Å². The third-order valence-corrected chi connectivity index (χ3v) is 10.2. The van der Waals surface area contributed by atoms with Crippen LogP contribution in [0.2, 0.25) is 0 Å². The first-order chi connectivity index (χ1) is 16.6. The molecule has 0 radical (unpaired) electrons. The number of ether oxygens (including phenoxy) is 2. The quantitative estimate of drug-likeness (QED) is 0.271. The highest BCUT2D eigenvalue weighted by molar-refractivity contribution is 7.86. The minimum Gasteiger partial charge on any atom is -0.743 e. The van der Waals surface area contributed by atoms with Crippen LogP contribution >= 0.6 is 0 Å². The van der Waals surface area contributed by atoms with Crippen molar-refractivity contribution in [1.82, 2.24) is 0 Å². The Hall–Kier alpha value is -1.50. The van der Waals surface area contributed by atoms with Crippen LogP contribution in [0.25, 0.3) is 0 Å². The maximum Gasteiger partial charge on any atom is 0.432 e. The summed E-state index contributed by atoms with van der Waals surface area (Å²) in [6, 6.07) is 0. The number of carbonyl (C=O) groups is 2. The van der Waals surface area contributed by atoms with Crippen LogP contribution in [-0.4, -0.2) is 49.1 Å². The van der Waals surface area contributed by atoms with Crippen LogP contribution in [0, 0.1) is 46.8 Å². The van der Waals surface area contributed by atoms with Crippen molar-refractivity contribution in [1.29, 1.82) is 0 Å². The molecule has 0 aliphatic heterocycles. The van der Waals surface area contributed by atoms with E-state index in [-0.39, 0.29) is 17.9 Å². The summed E-state index contributed by atoms with van der Waals surface area (Å²) >= 11 is 0. The molecule has 7 nitrogen and oxygen atoms in total. The van der Waals surface area contributed by atoms with Gasteiger partial charge in [0, 0.05) is 5.41 Å². The summed E-state index contributed by atoms with van der Waals surface area (Å²) in [6.45, 7) is 0.155. The number of esters is 2. The van der Waals surface area contributed by atoms with Crippen LogP contribution in [-0.2, 0) is 29.2 Å². The molecule has 0 amide bonds. The number of hydrogen-bond donors (Lipinski definition) is 0. The SMILES string of the molecule is O=C(OCC12CC3CC(CC(C3)C1)C2)C1C2CCC(C2)C1C(=O)OC(C(F)(F)F)C(F)(F)S(=O)(=O)[O-]. The monoisotopic (exact) mass is 543 g/mol. The van der Waals surface area contributed by atoms with Gasteiger partial charge in [-0.3, -0.25) is 9.59 Å². The second-order valence-corrected chi connectivity index (χ2v) is 13.2. The molecular weight excluding hydrogens is 515 g/mol. The predicted molar refractivity (Wildman–Crippen MR) is 110 cm³/mol. The van der Waals surface area contributed by atoms with Gasteiger partial charge in [-0.25, -0.2) is 8.42 Å². The fourth-order valence-corrected chi connectivity index (χ4v) is 8.85. The molecule has 5 unspecified atom stereocenters. The first kappa shape index (κ1) is 26.1. The predicted octanol–water partition coefficient (Wildman–Crippen LogP) is 4.02. The van der Waals surface area contributed by atoms with Crippen LogP contribution in [0.5, 0.6) is 0 Å². The molecule has 204 valence electrons. The second kappa shape index (κ2) is 8.51. The van der Waals surface area contributed by atoms with Crippen LogP contribution in [0.3, 0.4) is 0 Å². The molecule has 36 heavy (non-hydrogen) atoms. The lowest BCUT2D eigenvalue weighted by atomic mass is 9.50. The molecule has 6 rings (SSSR count). The van der Waals surface area contributed by atoms with Gasteiger partial charge in [-0.1, -0.05) is 0 Å². The van der Waals surface area contributed by atoms with Crippen molar-refractivity contribution in [2.24, 2.45) is 46.8 Å². The Balaban J connectivity index is 1.30. The molecular formula is C23H28F5O7S-. The van der Waals surface area contributed by atoms with E-state index < -0.39 is 57.3 Å². The number of halogens is 5. The third-order valence-electron chi connectivity index (χ3n) is 9.32. The van der Waals surface area contributed by atoms with Gasteiger partial charge in [0.25, 0.3) is 6.10 Å². The highest BCUT2D eigenvalue weighted by atomic mass is 32.2.